The van der Waals surface area contributed by atoms with E-state index in [1.54, 1.807) is 11.7 Å². The van der Waals surface area contributed by atoms with E-state index in [0.717, 1.165) is 0 Å². The molecule has 2 aromatic rings. The van der Waals surface area contributed by atoms with Crippen molar-refractivity contribution < 1.29 is 9.90 Å². The maximum Gasteiger partial charge on any atom is 0.341 e. The number of fused-ring (bicyclic) bond motifs is 1. The highest BCUT2D eigenvalue weighted by molar-refractivity contribution is 5.92. The van der Waals surface area contributed by atoms with Crippen molar-refractivity contribution in [3.63, 3.8) is 0 Å². The van der Waals surface area contributed by atoms with E-state index in [2.05, 4.69) is 10.1 Å². The molecule has 2 rings (SSSR count). The standard InChI is InChI=1S/C11H13N3O3/c1-5(2)8-7-9(15)6(11(16)17)4-12-10(7)14(3)13-8/h4-5H,1-3H3,(H,12,15)(H,16,17). The van der Waals surface area contributed by atoms with Gasteiger partial charge in [-0.25, -0.2) is 4.79 Å². The Labute approximate surface area is 96.9 Å². The summed E-state index contributed by atoms with van der Waals surface area (Å²) < 4.78 is 1.55. The number of aryl methyl sites for hydroxylation is 1. The summed E-state index contributed by atoms with van der Waals surface area (Å²) in [6, 6.07) is 0. The number of carboxylic acids is 1. The number of aromatic nitrogens is 3. The van der Waals surface area contributed by atoms with Crippen LogP contribution in [-0.4, -0.2) is 25.8 Å². The van der Waals surface area contributed by atoms with Crippen LogP contribution in [0.25, 0.3) is 11.0 Å². The zero-order chi connectivity index (χ0) is 12.7. The minimum Gasteiger partial charge on any atom is -0.477 e. The van der Waals surface area contributed by atoms with Gasteiger partial charge in [0.25, 0.3) is 0 Å². The molecule has 6 heteroatoms. The topological polar surface area (TPSA) is 88.0 Å². The van der Waals surface area contributed by atoms with Crippen LogP contribution in [0.4, 0.5) is 0 Å². The molecule has 0 aliphatic heterocycles. The lowest BCUT2D eigenvalue weighted by Gasteiger charge is -2.00. The third-order valence-electron chi connectivity index (χ3n) is 2.68. The number of nitrogens with one attached hydrogen (secondary N) is 1. The first kappa shape index (κ1) is 11.4. The summed E-state index contributed by atoms with van der Waals surface area (Å²) in [5.41, 5.74) is 0.422. The molecule has 0 amide bonds. The molecule has 0 aliphatic carbocycles. The molecule has 6 nitrogen and oxygen atoms in total. The van der Waals surface area contributed by atoms with Gasteiger partial charge in [-0.1, -0.05) is 13.8 Å². The number of aromatic carboxylic acids is 1. The largest absolute Gasteiger partial charge is 0.477 e. The molecule has 0 saturated carbocycles. The van der Waals surface area contributed by atoms with Crippen LogP contribution in [0.2, 0.25) is 0 Å². The quantitative estimate of drug-likeness (QED) is 0.815. The van der Waals surface area contributed by atoms with Crippen molar-refractivity contribution in [1.29, 1.82) is 0 Å². The van der Waals surface area contributed by atoms with Crippen LogP contribution in [0.15, 0.2) is 11.0 Å². The van der Waals surface area contributed by atoms with E-state index < -0.39 is 11.4 Å². The Kier molecular flexibility index (Phi) is 2.49. The fourth-order valence-electron chi connectivity index (χ4n) is 1.84. The van der Waals surface area contributed by atoms with Gasteiger partial charge in [0.15, 0.2) is 0 Å². The average Bonchev–Trinajstić information content (AvgIpc) is 2.57. The Morgan fingerprint density at radius 3 is 2.71 bits per heavy atom. The van der Waals surface area contributed by atoms with Crippen molar-refractivity contribution in [2.45, 2.75) is 19.8 Å². The van der Waals surface area contributed by atoms with E-state index in [0.29, 0.717) is 16.7 Å². The first-order chi connectivity index (χ1) is 7.93. The zero-order valence-corrected chi connectivity index (χ0v) is 9.81. The van der Waals surface area contributed by atoms with Gasteiger partial charge >= 0.3 is 5.97 Å². The number of hydrogen-bond acceptors (Lipinski definition) is 3. The number of hydrogen-bond donors (Lipinski definition) is 2. The molecule has 0 fully saturated rings. The van der Waals surface area contributed by atoms with Crippen LogP contribution in [-0.2, 0) is 7.05 Å². The van der Waals surface area contributed by atoms with Gasteiger partial charge in [0, 0.05) is 13.2 Å². The summed E-state index contributed by atoms with van der Waals surface area (Å²) in [4.78, 5) is 25.8. The summed E-state index contributed by atoms with van der Waals surface area (Å²) >= 11 is 0. The summed E-state index contributed by atoms with van der Waals surface area (Å²) in [7, 11) is 1.71. The van der Waals surface area contributed by atoms with Crippen LogP contribution >= 0.6 is 0 Å². The summed E-state index contributed by atoms with van der Waals surface area (Å²) in [5.74, 6) is -1.17. The smallest absolute Gasteiger partial charge is 0.341 e. The Morgan fingerprint density at radius 2 is 2.18 bits per heavy atom. The number of carbonyl (C=O) groups is 1. The number of nitrogens with zero attached hydrogens (tertiary/aromatic N) is 2. The van der Waals surface area contributed by atoms with E-state index in [1.165, 1.54) is 6.20 Å². The lowest BCUT2D eigenvalue weighted by Crippen LogP contribution is -2.16. The predicted octanol–water partition coefficient (Wildman–Crippen LogP) is 1.08. The molecule has 0 aromatic carbocycles. The molecule has 0 saturated heterocycles. The second-order valence-electron chi connectivity index (χ2n) is 4.22. The second-order valence-corrected chi connectivity index (χ2v) is 4.22. The number of pyridine rings is 1. The molecule has 0 aliphatic rings. The van der Waals surface area contributed by atoms with Crippen molar-refractivity contribution in [3.05, 3.63) is 27.7 Å². The second kappa shape index (κ2) is 3.73. The van der Waals surface area contributed by atoms with Gasteiger partial charge in [0.1, 0.15) is 11.2 Å². The van der Waals surface area contributed by atoms with Crippen LogP contribution in [0.5, 0.6) is 0 Å². The lowest BCUT2D eigenvalue weighted by molar-refractivity contribution is 0.0695. The summed E-state index contributed by atoms with van der Waals surface area (Å²) in [6.45, 7) is 3.82. The maximum absolute atomic E-state index is 12.1. The van der Waals surface area contributed by atoms with Crippen molar-refractivity contribution >= 4 is 17.0 Å². The lowest BCUT2D eigenvalue weighted by atomic mass is 10.1. The predicted molar refractivity (Wildman–Crippen MR) is 62.4 cm³/mol. The first-order valence-corrected chi connectivity index (χ1v) is 5.25. The number of aromatic amines is 1. The van der Waals surface area contributed by atoms with Gasteiger partial charge in [-0.3, -0.25) is 9.48 Å². The number of rotatable bonds is 2. The zero-order valence-electron chi connectivity index (χ0n) is 9.81. The third-order valence-corrected chi connectivity index (χ3v) is 2.68. The monoisotopic (exact) mass is 235 g/mol. The van der Waals surface area contributed by atoms with E-state index in [-0.39, 0.29) is 11.5 Å². The Balaban J connectivity index is 2.93. The molecule has 0 spiro atoms. The van der Waals surface area contributed by atoms with Crippen molar-refractivity contribution in [3.8, 4) is 0 Å². The minimum absolute atomic E-state index is 0.0591. The molecule has 0 bridgehead atoms. The van der Waals surface area contributed by atoms with Crippen molar-refractivity contribution in [2.75, 3.05) is 0 Å². The molecule has 0 unspecified atom stereocenters. The normalized spacial score (nSPS) is 11.3. The van der Waals surface area contributed by atoms with Crippen LogP contribution in [0, 0.1) is 0 Å². The third kappa shape index (κ3) is 1.61. The van der Waals surface area contributed by atoms with E-state index in [1.807, 2.05) is 13.8 Å². The minimum atomic E-state index is -1.23. The Hall–Kier alpha value is -2.11. The highest BCUT2D eigenvalue weighted by atomic mass is 16.4. The maximum atomic E-state index is 12.1. The van der Waals surface area contributed by atoms with Gasteiger partial charge in [-0.2, -0.15) is 5.10 Å². The van der Waals surface area contributed by atoms with Crippen LogP contribution in [0.1, 0.15) is 35.8 Å². The van der Waals surface area contributed by atoms with E-state index >= 15 is 0 Å². The number of H-pyrrole nitrogens is 1. The molecule has 2 N–H and O–H groups in total. The van der Waals surface area contributed by atoms with Gasteiger partial charge < -0.3 is 10.1 Å². The Morgan fingerprint density at radius 1 is 1.53 bits per heavy atom. The fourth-order valence-corrected chi connectivity index (χ4v) is 1.84. The highest BCUT2D eigenvalue weighted by Gasteiger charge is 2.19. The van der Waals surface area contributed by atoms with Gasteiger partial charge in [0.05, 0.1) is 11.1 Å². The van der Waals surface area contributed by atoms with Crippen LogP contribution in [0.3, 0.4) is 0 Å². The number of carboxylic acid groups (broad SMARTS) is 1. The van der Waals surface area contributed by atoms with E-state index in [9.17, 15) is 9.59 Å². The molecule has 0 radical (unpaired) electrons. The molecule has 2 heterocycles. The van der Waals surface area contributed by atoms with Crippen LogP contribution < -0.4 is 5.43 Å². The van der Waals surface area contributed by atoms with Crippen molar-refractivity contribution in [1.82, 2.24) is 14.8 Å². The van der Waals surface area contributed by atoms with Crippen molar-refractivity contribution in [2.24, 2.45) is 7.05 Å². The molecule has 90 valence electrons. The molecular weight excluding hydrogens is 222 g/mol. The Bertz CT molecular complexity index is 652. The summed E-state index contributed by atoms with van der Waals surface area (Å²) in [5, 5.41) is 13.5. The molecular formula is C11H13N3O3. The highest BCUT2D eigenvalue weighted by Crippen LogP contribution is 2.20. The fraction of sp³-hybridized carbons (Fsp3) is 0.364. The first-order valence-electron chi connectivity index (χ1n) is 5.25. The van der Waals surface area contributed by atoms with E-state index in [4.69, 9.17) is 5.11 Å². The van der Waals surface area contributed by atoms with Gasteiger partial charge in [0.2, 0.25) is 5.43 Å². The van der Waals surface area contributed by atoms with Gasteiger partial charge in [-0.15, -0.1) is 0 Å². The molecule has 2 aromatic heterocycles. The van der Waals surface area contributed by atoms with Gasteiger partial charge in [-0.05, 0) is 5.92 Å². The molecule has 17 heavy (non-hydrogen) atoms. The molecule has 0 atom stereocenters. The average molecular weight is 235 g/mol. The summed E-state index contributed by atoms with van der Waals surface area (Å²) in [6.07, 6.45) is 1.21. The SMILES string of the molecule is CC(C)c1nn(C)c2[nH]cc(C(=O)O)c(=O)c12.